The van der Waals surface area contributed by atoms with Crippen LogP contribution in [0, 0.1) is 0 Å². The van der Waals surface area contributed by atoms with Crippen molar-refractivity contribution >= 4 is 28.9 Å². The first kappa shape index (κ1) is 13.4. The molecule has 0 aromatic carbocycles. The molecule has 1 saturated carbocycles. The van der Waals surface area contributed by atoms with Gasteiger partial charge in [-0.15, -0.1) is 0 Å². The molecule has 1 amide bonds. The summed E-state index contributed by atoms with van der Waals surface area (Å²) in [5.74, 6) is -0.0617. The van der Waals surface area contributed by atoms with E-state index in [1.165, 1.54) is 31.0 Å². The minimum absolute atomic E-state index is 0.0617. The molecule has 1 aromatic heterocycles. The number of amides is 1. The maximum absolute atomic E-state index is 11.9. The van der Waals surface area contributed by atoms with Gasteiger partial charge in [0.2, 0.25) is 0 Å². The minimum atomic E-state index is -0.0617. The van der Waals surface area contributed by atoms with Crippen molar-refractivity contribution in [1.29, 1.82) is 0 Å². The van der Waals surface area contributed by atoms with Crippen LogP contribution in [0.2, 0.25) is 0 Å². The number of nitrogens with zero attached hydrogens (tertiary/aromatic N) is 2. The number of pyridine rings is 1. The first-order chi connectivity index (χ1) is 9.81. The molecule has 0 bridgehead atoms. The highest BCUT2D eigenvalue weighted by Gasteiger charge is 2.25. The second-order valence-corrected chi connectivity index (χ2v) is 6.11. The molecule has 2 fully saturated rings. The topological polar surface area (TPSA) is 54.4 Å². The summed E-state index contributed by atoms with van der Waals surface area (Å²) < 4.78 is 0. The molecule has 104 valence electrons. The monoisotopic (exact) mass is 287 g/mol. The summed E-state index contributed by atoms with van der Waals surface area (Å²) in [6, 6.07) is 4.18. The van der Waals surface area contributed by atoms with Gasteiger partial charge in [-0.25, -0.2) is 0 Å². The van der Waals surface area contributed by atoms with Crippen molar-refractivity contribution in [3.8, 4) is 0 Å². The SMILES string of the molecule is O=C1NC(=NC2CCCCC2)S/C1=C/c1cccnc1. The molecule has 1 aliphatic heterocycles. The largest absolute Gasteiger partial charge is 0.301 e. The van der Waals surface area contributed by atoms with Crippen molar-refractivity contribution in [1.82, 2.24) is 10.3 Å². The average Bonchev–Trinajstić information content (AvgIpc) is 2.81. The molecule has 1 saturated heterocycles. The molecule has 20 heavy (non-hydrogen) atoms. The maximum Gasteiger partial charge on any atom is 0.264 e. The molecule has 4 nitrogen and oxygen atoms in total. The van der Waals surface area contributed by atoms with Crippen molar-refractivity contribution in [2.24, 2.45) is 4.99 Å². The first-order valence-corrected chi connectivity index (χ1v) is 7.81. The molecule has 3 rings (SSSR count). The normalized spacial score (nSPS) is 24.3. The summed E-state index contributed by atoms with van der Waals surface area (Å²) in [7, 11) is 0. The van der Waals surface area contributed by atoms with Crippen molar-refractivity contribution < 1.29 is 4.79 Å². The maximum atomic E-state index is 11.9. The predicted octanol–water partition coefficient (Wildman–Crippen LogP) is 2.97. The Morgan fingerprint density at radius 2 is 2.20 bits per heavy atom. The summed E-state index contributed by atoms with van der Waals surface area (Å²) >= 11 is 1.43. The van der Waals surface area contributed by atoms with E-state index in [9.17, 15) is 4.79 Å². The van der Waals surface area contributed by atoms with Gasteiger partial charge in [-0.1, -0.05) is 25.3 Å². The molecular formula is C15H17N3OS. The molecule has 2 heterocycles. The van der Waals surface area contributed by atoms with Gasteiger partial charge in [-0.05, 0) is 42.3 Å². The molecule has 0 atom stereocenters. The number of hydrogen-bond acceptors (Lipinski definition) is 4. The summed E-state index contributed by atoms with van der Waals surface area (Å²) in [5, 5.41) is 3.60. The van der Waals surface area contributed by atoms with Gasteiger partial charge >= 0.3 is 0 Å². The highest BCUT2D eigenvalue weighted by Crippen LogP contribution is 2.28. The van der Waals surface area contributed by atoms with Gasteiger partial charge in [0, 0.05) is 12.4 Å². The summed E-state index contributed by atoms with van der Waals surface area (Å²) in [6.07, 6.45) is 11.4. The lowest BCUT2D eigenvalue weighted by atomic mass is 9.96. The summed E-state index contributed by atoms with van der Waals surface area (Å²) in [4.78, 5) is 21.3. The van der Waals surface area contributed by atoms with E-state index < -0.39 is 0 Å². The molecule has 0 unspecified atom stereocenters. The van der Waals surface area contributed by atoms with E-state index in [0.717, 1.165) is 23.6 Å². The van der Waals surface area contributed by atoms with Crippen LogP contribution in [0.4, 0.5) is 0 Å². The van der Waals surface area contributed by atoms with Crippen LogP contribution in [0.15, 0.2) is 34.4 Å². The molecule has 2 aliphatic rings. The highest BCUT2D eigenvalue weighted by molar-refractivity contribution is 8.18. The Kier molecular flexibility index (Phi) is 4.16. The number of hydrogen-bond donors (Lipinski definition) is 1. The number of carbonyl (C=O) groups is 1. The standard InChI is InChI=1S/C15H17N3OS/c19-14-13(9-11-5-4-8-16-10-11)20-15(18-14)17-12-6-2-1-3-7-12/h4-5,8-10,12H,1-3,6-7H2,(H,17,18,19)/b13-9+. The zero-order valence-corrected chi connectivity index (χ0v) is 12.0. The molecule has 1 aromatic rings. The Bertz CT molecular complexity index is 547. The number of aromatic nitrogens is 1. The van der Waals surface area contributed by atoms with E-state index >= 15 is 0 Å². The smallest absolute Gasteiger partial charge is 0.264 e. The van der Waals surface area contributed by atoms with E-state index in [4.69, 9.17) is 0 Å². The van der Waals surface area contributed by atoms with E-state index in [0.29, 0.717) is 10.9 Å². The van der Waals surface area contributed by atoms with Crippen LogP contribution in [-0.2, 0) is 4.79 Å². The second-order valence-electron chi connectivity index (χ2n) is 5.08. The Labute approximate surface area is 122 Å². The van der Waals surface area contributed by atoms with Gasteiger partial charge in [0.25, 0.3) is 5.91 Å². The number of amidine groups is 1. The number of thioether (sulfide) groups is 1. The van der Waals surface area contributed by atoms with Crippen LogP contribution >= 0.6 is 11.8 Å². The second kappa shape index (κ2) is 6.22. The van der Waals surface area contributed by atoms with E-state index in [2.05, 4.69) is 15.3 Å². The first-order valence-electron chi connectivity index (χ1n) is 7.00. The lowest BCUT2D eigenvalue weighted by molar-refractivity contribution is -0.115. The fourth-order valence-electron chi connectivity index (χ4n) is 2.48. The highest BCUT2D eigenvalue weighted by atomic mass is 32.2. The molecule has 1 aliphatic carbocycles. The van der Waals surface area contributed by atoms with Gasteiger partial charge in [-0.3, -0.25) is 14.8 Å². The van der Waals surface area contributed by atoms with Crippen molar-refractivity contribution in [3.05, 3.63) is 35.0 Å². The number of carbonyl (C=O) groups excluding carboxylic acids is 1. The van der Waals surface area contributed by atoms with E-state index in [-0.39, 0.29) is 5.91 Å². The summed E-state index contributed by atoms with van der Waals surface area (Å²) in [5.41, 5.74) is 0.934. The molecular weight excluding hydrogens is 270 g/mol. The van der Waals surface area contributed by atoms with Gasteiger partial charge < -0.3 is 5.32 Å². The van der Waals surface area contributed by atoms with Crippen LogP contribution in [-0.4, -0.2) is 22.1 Å². The lowest BCUT2D eigenvalue weighted by Gasteiger charge is -2.17. The Balaban J connectivity index is 1.72. The third-order valence-electron chi connectivity index (χ3n) is 3.51. The van der Waals surface area contributed by atoms with Crippen molar-refractivity contribution in [3.63, 3.8) is 0 Å². The zero-order valence-electron chi connectivity index (χ0n) is 11.2. The quantitative estimate of drug-likeness (QED) is 0.851. The van der Waals surface area contributed by atoms with Crippen molar-refractivity contribution in [2.75, 3.05) is 0 Å². The Morgan fingerprint density at radius 1 is 1.35 bits per heavy atom. The number of aliphatic imine (C=N–C) groups is 1. The van der Waals surface area contributed by atoms with Gasteiger partial charge in [-0.2, -0.15) is 0 Å². The van der Waals surface area contributed by atoms with Gasteiger partial charge in [0.15, 0.2) is 5.17 Å². The minimum Gasteiger partial charge on any atom is -0.301 e. The number of rotatable bonds is 2. The molecule has 0 spiro atoms. The lowest BCUT2D eigenvalue weighted by Crippen LogP contribution is -2.22. The van der Waals surface area contributed by atoms with Crippen LogP contribution in [0.1, 0.15) is 37.7 Å². The fourth-order valence-corrected chi connectivity index (χ4v) is 3.37. The third-order valence-corrected chi connectivity index (χ3v) is 4.43. The van der Waals surface area contributed by atoms with Gasteiger partial charge in [0.1, 0.15) is 0 Å². The summed E-state index contributed by atoms with van der Waals surface area (Å²) in [6.45, 7) is 0. The van der Waals surface area contributed by atoms with Crippen LogP contribution in [0.3, 0.4) is 0 Å². The molecule has 0 radical (unpaired) electrons. The molecule has 1 N–H and O–H groups in total. The van der Waals surface area contributed by atoms with Crippen LogP contribution in [0.5, 0.6) is 0 Å². The van der Waals surface area contributed by atoms with E-state index in [1.807, 2.05) is 18.2 Å². The van der Waals surface area contributed by atoms with Crippen molar-refractivity contribution in [2.45, 2.75) is 38.1 Å². The predicted molar refractivity (Wildman–Crippen MR) is 82.3 cm³/mol. The van der Waals surface area contributed by atoms with Crippen LogP contribution in [0.25, 0.3) is 6.08 Å². The fraction of sp³-hybridized carbons (Fsp3) is 0.400. The molecule has 5 heteroatoms. The third kappa shape index (κ3) is 3.28. The Hall–Kier alpha value is -1.62. The van der Waals surface area contributed by atoms with E-state index in [1.54, 1.807) is 12.4 Å². The van der Waals surface area contributed by atoms with Crippen LogP contribution < -0.4 is 5.32 Å². The number of nitrogens with one attached hydrogen (secondary N) is 1. The van der Waals surface area contributed by atoms with Gasteiger partial charge in [0.05, 0.1) is 10.9 Å². The average molecular weight is 287 g/mol. The zero-order chi connectivity index (χ0) is 13.8. The Morgan fingerprint density at radius 3 is 2.95 bits per heavy atom.